The van der Waals surface area contributed by atoms with Crippen molar-refractivity contribution in [1.82, 2.24) is 9.97 Å². The first-order valence-electron chi connectivity index (χ1n) is 5.93. The Kier molecular flexibility index (Phi) is 5.28. The van der Waals surface area contributed by atoms with Crippen LogP contribution in [0, 0.1) is 0 Å². The van der Waals surface area contributed by atoms with Crippen molar-refractivity contribution in [2.45, 2.75) is 31.0 Å². The monoisotopic (exact) mass is 286 g/mol. The number of hydrogen-bond acceptors (Lipinski definition) is 8. The van der Waals surface area contributed by atoms with E-state index in [1.807, 2.05) is 0 Å². The molecule has 1 unspecified atom stereocenters. The summed E-state index contributed by atoms with van der Waals surface area (Å²) < 4.78 is 0. The van der Waals surface area contributed by atoms with Crippen LogP contribution in [0.4, 0.5) is 0 Å². The quantitative estimate of drug-likeness (QED) is 0.331. The maximum Gasteiger partial charge on any atom is 0.264 e. The van der Waals surface area contributed by atoms with E-state index in [1.165, 1.54) is 19.1 Å². The Hall–Kier alpha value is -1.42. The fraction of sp³-hybridized carbons (Fsp3) is 0.500. The largest absolute Gasteiger partial charge is 0.393 e. The number of rotatable bonds is 6. The van der Waals surface area contributed by atoms with Crippen molar-refractivity contribution in [1.29, 1.82) is 0 Å². The summed E-state index contributed by atoms with van der Waals surface area (Å²) in [6, 6.07) is 0. The molecule has 20 heavy (non-hydrogen) atoms. The topological polar surface area (TPSA) is 147 Å². The van der Waals surface area contributed by atoms with Crippen molar-refractivity contribution >= 4 is 6.08 Å². The van der Waals surface area contributed by atoms with Crippen molar-refractivity contribution < 1.29 is 30.6 Å². The van der Waals surface area contributed by atoms with E-state index in [0.717, 1.165) is 12.4 Å². The first-order valence-corrected chi connectivity index (χ1v) is 5.93. The standard InChI is InChI=1S/C12H18N2O6/c1-2-11(17,18)12(19,20)10-6-13-8(5-14-10)3-4-9(16)7-15/h3-6,9,15-20H,2,7H2,1H3/b4-3+. The van der Waals surface area contributed by atoms with Gasteiger partial charge >= 0.3 is 0 Å². The van der Waals surface area contributed by atoms with Crippen LogP contribution >= 0.6 is 0 Å². The van der Waals surface area contributed by atoms with Gasteiger partial charge in [-0.3, -0.25) is 9.97 Å². The molecule has 112 valence electrons. The zero-order valence-electron chi connectivity index (χ0n) is 10.9. The number of hydrogen-bond donors (Lipinski definition) is 6. The van der Waals surface area contributed by atoms with Crippen LogP contribution in [0.15, 0.2) is 18.5 Å². The predicted octanol–water partition coefficient (Wildman–Crippen LogP) is -1.93. The third-order valence-electron chi connectivity index (χ3n) is 2.76. The lowest BCUT2D eigenvalue weighted by Gasteiger charge is -2.33. The lowest BCUT2D eigenvalue weighted by atomic mass is 10.0. The van der Waals surface area contributed by atoms with Gasteiger partial charge in [0.25, 0.3) is 5.79 Å². The highest BCUT2D eigenvalue weighted by Gasteiger charge is 2.48. The molecule has 0 saturated heterocycles. The zero-order chi connectivity index (χ0) is 15.4. The van der Waals surface area contributed by atoms with Crippen LogP contribution in [0.25, 0.3) is 6.08 Å². The third kappa shape index (κ3) is 3.57. The SMILES string of the molecule is CCC(O)(O)C(O)(O)c1cnc(/C=C/C(O)CO)cn1. The molecule has 1 aromatic rings. The van der Waals surface area contributed by atoms with Crippen LogP contribution in [0.1, 0.15) is 24.7 Å². The second-order valence-electron chi connectivity index (χ2n) is 4.28. The molecular weight excluding hydrogens is 268 g/mol. The minimum Gasteiger partial charge on any atom is -0.393 e. The van der Waals surface area contributed by atoms with Crippen molar-refractivity contribution in [2.75, 3.05) is 6.61 Å². The number of aliphatic hydroxyl groups is 6. The molecule has 0 radical (unpaired) electrons. The van der Waals surface area contributed by atoms with Gasteiger partial charge in [0.1, 0.15) is 5.69 Å². The second kappa shape index (κ2) is 6.35. The Morgan fingerprint density at radius 2 is 1.85 bits per heavy atom. The van der Waals surface area contributed by atoms with Gasteiger partial charge in [0.15, 0.2) is 0 Å². The highest BCUT2D eigenvalue weighted by Crippen LogP contribution is 2.29. The number of aliphatic hydroxyl groups excluding tert-OH is 2. The summed E-state index contributed by atoms with van der Waals surface area (Å²) in [6.07, 6.45) is 3.42. The van der Waals surface area contributed by atoms with Gasteiger partial charge in [0.2, 0.25) is 5.79 Å². The van der Waals surface area contributed by atoms with Gasteiger partial charge in [-0.25, -0.2) is 0 Å². The van der Waals surface area contributed by atoms with Crippen LogP contribution in [0.3, 0.4) is 0 Å². The maximum atomic E-state index is 9.72. The Morgan fingerprint density at radius 3 is 2.30 bits per heavy atom. The normalized spacial score (nSPS) is 14.8. The molecule has 1 aromatic heterocycles. The van der Waals surface area contributed by atoms with Gasteiger partial charge < -0.3 is 30.6 Å². The second-order valence-corrected chi connectivity index (χ2v) is 4.28. The smallest absolute Gasteiger partial charge is 0.264 e. The molecule has 0 amide bonds. The lowest BCUT2D eigenvalue weighted by molar-refractivity contribution is -0.368. The Bertz CT molecular complexity index is 458. The van der Waals surface area contributed by atoms with E-state index in [-0.39, 0.29) is 12.1 Å². The molecule has 8 nitrogen and oxygen atoms in total. The summed E-state index contributed by atoms with van der Waals surface area (Å²) in [5, 5.41) is 56.2. The minimum atomic E-state index is -2.96. The number of nitrogens with zero attached hydrogens (tertiary/aromatic N) is 2. The van der Waals surface area contributed by atoms with Gasteiger partial charge in [0, 0.05) is 6.42 Å². The maximum absolute atomic E-state index is 9.72. The molecule has 0 aliphatic heterocycles. The minimum absolute atomic E-state index is 0.287. The molecule has 6 N–H and O–H groups in total. The molecule has 0 aliphatic rings. The van der Waals surface area contributed by atoms with E-state index >= 15 is 0 Å². The summed E-state index contributed by atoms with van der Waals surface area (Å²) in [5.41, 5.74) is -0.140. The molecule has 0 aliphatic carbocycles. The average Bonchev–Trinajstić information content (AvgIpc) is 2.44. The zero-order valence-corrected chi connectivity index (χ0v) is 10.9. The van der Waals surface area contributed by atoms with E-state index in [4.69, 9.17) is 10.2 Å². The summed E-state index contributed by atoms with van der Waals surface area (Å²) in [5.74, 6) is -5.71. The first-order chi connectivity index (χ1) is 9.24. The summed E-state index contributed by atoms with van der Waals surface area (Å²) >= 11 is 0. The average molecular weight is 286 g/mol. The molecule has 1 atom stereocenters. The van der Waals surface area contributed by atoms with E-state index < -0.39 is 30.0 Å². The summed E-state index contributed by atoms with van der Waals surface area (Å²) in [6.45, 7) is 0.925. The summed E-state index contributed by atoms with van der Waals surface area (Å²) in [4.78, 5) is 7.51. The van der Waals surface area contributed by atoms with Gasteiger partial charge in [-0.05, 0) is 6.08 Å². The summed E-state index contributed by atoms with van der Waals surface area (Å²) in [7, 11) is 0. The van der Waals surface area contributed by atoms with Crippen LogP contribution in [-0.4, -0.2) is 59.1 Å². The fourth-order valence-electron chi connectivity index (χ4n) is 1.33. The Balaban J connectivity index is 2.94. The first kappa shape index (κ1) is 16.6. The van der Waals surface area contributed by atoms with Gasteiger partial charge in [-0.15, -0.1) is 0 Å². The van der Waals surface area contributed by atoms with Crippen molar-refractivity contribution in [3.63, 3.8) is 0 Å². The Morgan fingerprint density at radius 1 is 1.20 bits per heavy atom. The van der Waals surface area contributed by atoms with Crippen LogP contribution in [0.5, 0.6) is 0 Å². The third-order valence-corrected chi connectivity index (χ3v) is 2.76. The van der Waals surface area contributed by atoms with E-state index in [9.17, 15) is 20.4 Å². The van der Waals surface area contributed by atoms with Crippen molar-refractivity contribution in [3.8, 4) is 0 Å². The molecule has 0 fully saturated rings. The highest BCUT2D eigenvalue weighted by atomic mass is 16.6. The van der Waals surface area contributed by atoms with Gasteiger partial charge in [-0.1, -0.05) is 13.0 Å². The number of aromatic nitrogens is 2. The molecule has 8 heteroatoms. The molecule has 0 spiro atoms. The van der Waals surface area contributed by atoms with Gasteiger partial charge in [0.05, 0.1) is 30.8 Å². The van der Waals surface area contributed by atoms with Crippen LogP contribution in [-0.2, 0) is 5.79 Å². The molecule has 0 bridgehead atoms. The molecule has 1 rings (SSSR count). The van der Waals surface area contributed by atoms with Gasteiger partial charge in [-0.2, -0.15) is 0 Å². The van der Waals surface area contributed by atoms with E-state index in [0.29, 0.717) is 0 Å². The Labute approximate surface area is 115 Å². The van der Waals surface area contributed by atoms with Crippen LogP contribution in [0.2, 0.25) is 0 Å². The molecule has 0 saturated carbocycles. The van der Waals surface area contributed by atoms with E-state index in [1.54, 1.807) is 0 Å². The molecule has 1 heterocycles. The van der Waals surface area contributed by atoms with Crippen LogP contribution < -0.4 is 0 Å². The predicted molar refractivity (Wildman–Crippen MR) is 67.7 cm³/mol. The van der Waals surface area contributed by atoms with Crippen molar-refractivity contribution in [3.05, 3.63) is 29.9 Å². The highest BCUT2D eigenvalue weighted by molar-refractivity contribution is 5.43. The van der Waals surface area contributed by atoms with E-state index in [2.05, 4.69) is 9.97 Å². The van der Waals surface area contributed by atoms with Crippen molar-refractivity contribution in [2.24, 2.45) is 0 Å². The lowest BCUT2D eigenvalue weighted by Crippen LogP contribution is -2.52. The fourth-order valence-corrected chi connectivity index (χ4v) is 1.33. The molecular formula is C12H18N2O6. The molecule has 0 aromatic carbocycles.